The first-order valence-electron chi connectivity index (χ1n) is 8.55. The molecule has 3 nitrogen and oxygen atoms in total. The van der Waals surface area contributed by atoms with Crippen molar-refractivity contribution in [2.75, 3.05) is 0 Å². The van der Waals surface area contributed by atoms with E-state index in [1.165, 1.54) is 51.1 Å². The van der Waals surface area contributed by atoms with E-state index in [2.05, 4.69) is 11.9 Å². The fourth-order valence-electron chi connectivity index (χ4n) is 2.86. The monoisotopic (exact) mass is 367 g/mol. The van der Waals surface area contributed by atoms with Gasteiger partial charge >= 0.3 is 129 Å². The summed E-state index contributed by atoms with van der Waals surface area (Å²) >= 11 is 1.17. The second kappa shape index (κ2) is 9.78. The number of pyridine rings is 1. The molecule has 0 atom stereocenters. The Labute approximate surface area is 149 Å². The SMILES string of the molecule is CCCCCCCCCC(=O)c1ccc([O][Ga])c2ncccc12. The molecule has 120 valence electrons. The van der Waals surface area contributed by atoms with E-state index in [-0.39, 0.29) is 5.78 Å². The minimum atomic E-state index is 0.213. The molecule has 0 N–H and O–H groups in total. The molecule has 2 aromatic rings. The van der Waals surface area contributed by atoms with Crippen LogP contribution in [0.4, 0.5) is 0 Å². The zero-order valence-corrected chi connectivity index (χ0v) is 16.3. The van der Waals surface area contributed by atoms with Gasteiger partial charge in [0, 0.05) is 0 Å². The van der Waals surface area contributed by atoms with Crippen LogP contribution in [0.3, 0.4) is 0 Å². The van der Waals surface area contributed by atoms with Gasteiger partial charge in [-0.15, -0.1) is 0 Å². The number of Topliss-reactive ketones (excluding diaryl/α,β-unsaturated/α-hetero) is 1. The van der Waals surface area contributed by atoms with Crippen LogP contribution in [0.2, 0.25) is 0 Å². The summed E-state index contributed by atoms with van der Waals surface area (Å²) in [5, 5.41) is 0.899. The molecule has 0 aliphatic carbocycles. The Morgan fingerprint density at radius 2 is 1.83 bits per heavy atom. The molecular formula is C19H24GaNO2. The Morgan fingerprint density at radius 1 is 1.09 bits per heavy atom. The topological polar surface area (TPSA) is 39.2 Å². The molecule has 4 heteroatoms. The van der Waals surface area contributed by atoms with Crippen molar-refractivity contribution in [3.8, 4) is 5.75 Å². The van der Waals surface area contributed by atoms with Crippen molar-refractivity contribution in [1.82, 2.24) is 4.98 Å². The molecule has 0 saturated carbocycles. The summed E-state index contributed by atoms with van der Waals surface area (Å²) in [6.07, 6.45) is 10.9. The number of hydrogen-bond donors (Lipinski definition) is 0. The molecule has 1 aromatic carbocycles. The predicted molar refractivity (Wildman–Crippen MR) is 95.1 cm³/mol. The first kappa shape index (κ1) is 18.1. The Morgan fingerprint density at radius 3 is 2.57 bits per heavy atom. The summed E-state index contributed by atoms with van der Waals surface area (Å²) in [4.78, 5) is 16.9. The number of carbonyl (C=O) groups excluding carboxylic acids is 1. The number of unbranched alkanes of at least 4 members (excludes halogenated alkanes) is 6. The van der Waals surface area contributed by atoms with Crippen molar-refractivity contribution in [3.05, 3.63) is 36.0 Å². The molecule has 0 unspecified atom stereocenters. The summed E-state index contributed by atoms with van der Waals surface area (Å²) in [5.41, 5.74) is 1.55. The van der Waals surface area contributed by atoms with Gasteiger partial charge in [-0.25, -0.2) is 0 Å². The van der Waals surface area contributed by atoms with Crippen LogP contribution in [0.15, 0.2) is 30.5 Å². The van der Waals surface area contributed by atoms with Crippen LogP contribution in [0.5, 0.6) is 5.75 Å². The quantitative estimate of drug-likeness (QED) is 0.336. The van der Waals surface area contributed by atoms with Gasteiger partial charge in [-0.1, -0.05) is 19.8 Å². The summed E-state index contributed by atoms with van der Waals surface area (Å²) < 4.78 is 5.40. The summed E-state index contributed by atoms with van der Waals surface area (Å²) in [6, 6.07) is 7.56. The van der Waals surface area contributed by atoms with Crippen LogP contribution in [-0.2, 0) is 0 Å². The molecular weight excluding hydrogens is 344 g/mol. The molecule has 2 rings (SSSR count). The number of nitrogens with zero attached hydrogens (tertiary/aromatic N) is 1. The van der Waals surface area contributed by atoms with E-state index in [1.54, 1.807) is 6.20 Å². The van der Waals surface area contributed by atoms with Crippen molar-refractivity contribution >= 4 is 35.7 Å². The number of fused-ring (bicyclic) bond motifs is 1. The van der Waals surface area contributed by atoms with Crippen LogP contribution < -0.4 is 3.53 Å². The Bertz CT molecular complexity index is 642. The van der Waals surface area contributed by atoms with Gasteiger partial charge in [0.15, 0.2) is 0 Å². The predicted octanol–water partition coefficient (Wildman–Crippen LogP) is 5.02. The van der Waals surface area contributed by atoms with Crippen LogP contribution in [0.25, 0.3) is 10.9 Å². The summed E-state index contributed by atoms with van der Waals surface area (Å²) in [6.45, 7) is 2.23. The standard InChI is InChI=1S/C19H25NO2.Ga/c1-2-3-4-5-6-7-8-11-17(21)15-12-13-18(22)19-16(15)10-9-14-20-19;/h9-10,12-14,22H,2-8,11H2,1H3;/q;+1/p-1. The average molecular weight is 368 g/mol. The molecule has 0 saturated heterocycles. The number of hydrogen-bond acceptors (Lipinski definition) is 3. The van der Waals surface area contributed by atoms with Gasteiger partial charge in [-0.2, -0.15) is 0 Å². The van der Waals surface area contributed by atoms with Crippen molar-refractivity contribution in [2.24, 2.45) is 0 Å². The minimum absolute atomic E-state index is 0.213. The molecule has 0 bridgehead atoms. The van der Waals surface area contributed by atoms with E-state index in [9.17, 15) is 4.79 Å². The fraction of sp³-hybridized carbons (Fsp3) is 0.474. The first-order valence-corrected chi connectivity index (χ1v) is 9.54. The van der Waals surface area contributed by atoms with E-state index in [0.29, 0.717) is 6.42 Å². The third kappa shape index (κ3) is 5.11. The zero-order valence-electron chi connectivity index (χ0n) is 13.9. The van der Waals surface area contributed by atoms with Gasteiger partial charge < -0.3 is 0 Å². The Kier molecular flexibility index (Phi) is 7.69. The second-order valence-electron chi connectivity index (χ2n) is 5.92. The average Bonchev–Trinajstić information content (AvgIpc) is 2.59. The van der Waals surface area contributed by atoms with Gasteiger partial charge in [0.2, 0.25) is 0 Å². The summed E-state index contributed by atoms with van der Waals surface area (Å²) in [7, 11) is 0. The van der Waals surface area contributed by atoms with Crippen molar-refractivity contribution in [1.29, 1.82) is 0 Å². The molecule has 0 fully saturated rings. The van der Waals surface area contributed by atoms with Crippen LogP contribution >= 0.6 is 0 Å². The third-order valence-electron chi connectivity index (χ3n) is 4.17. The van der Waals surface area contributed by atoms with E-state index in [1.807, 2.05) is 24.3 Å². The molecule has 0 amide bonds. The Hall–Kier alpha value is -1.26. The number of carbonyl (C=O) groups is 1. The molecule has 1 heterocycles. The van der Waals surface area contributed by atoms with Crippen LogP contribution in [0.1, 0.15) is 68.6 Å². The first-order chi connectivity index (χ1) is 11.3. The second-order valence-corrected chi connectivity index (χ2v) is 6.42. The normalized spacial score (nSPS) is 10.8. The molecule has 0 aliphatic heterocycles. The van der Waals surface area contributed by atoms with Crippen molar-refractivity contribution < 1.29 is 8.32 Å². The number of rotatable bonds is 10. The molecule has 23 heavy (non-hydrogen) atoms. The van der Waals surface area contributed by atoms with Gasteiger partial charge in [0.05, 0.1) is 0 Å². The van der Waals surface area contributed by atoms with Crippen LogP contribution in [0, 0.1) is 0 Å². The van der Waals surface area contributed by atoms with Crippen molar-refractivity contribution in [2.45, 2.75) is 58.3 Å². The van der Waals surface area contributed by atoms with E-state index in [0.717, 1.165) is 35.1 Å². The van der Waals surface area contributed by atoms with E-state index >= 15 is 0 Å². The van der Waals surface area contributed by atoms with E-state index in [4.69, 9.17) is 3.53 Å². The molecule has 0 aliphatic rings. The third-order valence-corrected chi connectivity index (χ3v) is 4.70. The molecule has 2 radical (unpaired) electrons. The van der Waals surface area contributed by atoms with Gasteiger partial charge in [0.25, 0.3) is 0 Å². The zero-order chi connectivity index (χ0) is 16.5. The van der Waals surface area contributed by atoms with Crippen LogP contribution in [-0.4, -0.2) is 29.7 Å². The maximum atomic E-state index is 12.5. The summed E-state index contributed by atoms with van der Waals surface area (Å²) in [5.74, 6) is 0.956. The number of benzene rings is 1. The fourth-order valence-corrected chi connectivity index (χ4v) is 3.26. The molecule has 0 spiro atoms. The van der Waals surface area contributed by atoms with Crippen molar-refractivity contribution in [3.63, 3.8) is 0 Å². The van der Waals surface area contributed by atoms with Gasteiger partial charge in [-0.05, 0) is 0 Å². The Balaban J connectivity index is 1.94. The number of aromatic nitrogens is 1. The van der Waals surface area contributed by atoms with E-state index < -0.39 is 0 Å². The maximum absolute atomic E-state index is 12.5. The molecule has 1 aromatic heterocycles. The number of ketones is 1. The van der Waals surface area contributed by atoms with Gasteiger partial charge in [-0.3, -0.25) is 0 Å². The van der Waals surface area contributed by atoms with Gasteiger partial charge in [0.1, 0.15) is 0 Å².